The molecule has 4 heteroatoms. The molecule has 0 heterocycles. The summed E-state index contributed by atoms with van der Waals surface area (Å²) in [6, 6.07) is 14.3. The van der Waals surface area contributed by atoms with Crippen LogP contribution in [-0.4, -0.2) is 17.6 Å². The van der Waals surface area contributed by atoms with E-state index >= 15 is 0 Å². The number of rotatable bonds is 6. The molecule has 2 aromatic rings. The van der Waals surface area contributed by atoms with Gasteiger partial charge in [0.25, 0.3) is 0 Å². The van der Waals surface area contributed by atoms with E-state index in [-0.39, 0.29) is 12.2 Å². The Kier molecular flexibility index (Phi) is 4.93. The first kappa shape index (κ1) is 15.0. The van der Waals surface area contributed by atoms with E-state index in [2.05, 4.69) is 0 Å². The number of hydrogen-bond donors (Lipinski definition) is 1. The predicted molar refractivity (Wildman–Crippen MR) is 80.9 cm³/mol. The summed E-state index contributed by atoms with van der Waals surface area (Å²) in [5.74, 6) is -1.13. The number of carbonyl (C=O) groups is 1. The molecule has 0 aromatic heterocycles. The number of nitrogens with zero attached hydrogens (tertiary/aromatic N) is 1. The Labute approximate surface area is 123 Å². The molecular formula is C17H18FNO2. The van der Waals surface area contributed by atoms with Gasteiger partial charge in [0.05, 0.1) is 6.42 Å². The van der Waals surface area contributed by atoms with Gasteiger partial charge in [0.2, 0.25) is 0 Å². The van der Waals surface area contributed by atoms with Crippen molar-refractivity contribution in [2.45, 2.75) is 19.9 Å². The van der Waals surface area contributed by atoms with Gasteiger partial charge >= 0.3 is 5.97 Å². The summed E-state index contributed by atoms with van der Waals surface area (Å²) in [7, 11) is 0. The molecule has 0 unspecified atom stereocenters. The van der Waals surface area contributed by atoms with Gasteiger partial charge < -0.3 is 10.0 Å². The number of aryl methyl sites for hydroxylation is 1. The molecule has 0 amide bonds. The third-order valence-corrected chi connectivity index (χ3v) is 3.31. The molecule has 0 saturated heterocycles. The Morgan fingerprint density at radius 3 is 2.43 bits per heavy atom. The molecule has 2 aromatic carbocycles. The normalized spacial score (nSPS) is 10.4. The monoisotopic (exact) mass is 287 g/mol. The van der Waals surface area contributed by atoms with E-state index in [0.717, 1.165) is 11.3 Å². The van der Waals surface area contributed by atoms with Crippen molar-refractivity contribution in [3.8, 4) is 0 Å². The van der Waals surface area contributed by atoms with Crippen molar-refractivity contribution >= 4 is 11.7 Å². The van der Waals surface area contributed by atoms with E-state index in [4.69, 9.17) is 5.11 Å². The summed E-state index contributed by atoms with van der Waals surface area (Å²) in [6.07, 6.45) is 0.0162. The quantitative estimate of drug-likeness (QED) is 0.882. The van der Waals surface area contributed by atoms with E-state index < -0.39 is 5.97 Å². The van der Waals surface area contributed by atoms with Crippen LogP contribution in [-0.2, 0) is 11.3 Å². The van der Waals surface area contributed by atoms with Crippen molar-refractivity contribution in [2.75, 3.05) is 11.4 Å². The molecule has 0 aliphatic heterocycles. The molecule has 21 heavy (non-hydrogen) atoms. The summed E-state index contributed by atoms with van der Waals surface area (Å²) in [4.78, 5) is 12.7. The maximum atomic E-state index is 13.8. The van der Waals surface area contributed by atoms with Crippen LogP contribution in [0.2, 0.25) is 0 Å². The minimum atomic E-state index is -0.861. The Morgan fingerprint density at radius 2 is 1.81 bits per heavy atom. The van der Waals surface area contributed by atoms with Crippen molar-refractivity contribution in [3.63, 3.8) is 0 Å². The fraction of sp³-hybridized carbons (Fsp3) is 0.235. The lowest BCUT2D eigenvalue weighted by atomic mass is 10.1. The van der Waals surface area contributed by atoms with E-state index in [1.54, 1.807) is 18.2 Å². The number of carboxylic acids is 1. The van der Waals surface area contributed by atoms with Gasteiger partial charge in [0.1, 0.15) is 5.82 Å². The maximum absolute atomic E-state index is 13.8. The first-order chi connectivity index (χ1) is 10.1. The molecule has 0 aliphatic rings. The van der Waals surface area contributed by atoms with Crippen LogP contribution >= 0.6 is 0 Å². The fourth-order valence-corrected chi connectivity index (χ4v) is 2.12. The highest BCUT2D eigenvalue weighted by atomic mass is 19.1. The van der Waals surface area contributed by atoms with Crippen molar-refractivity contribution in [1.82, 2.24) is 0 Å². The van der Waals surface area contributed by atoms with Crippen molar-refractivity contribution in [2.24, 2.45) is 0 Å². The van der Waals surface area contributed by atoms with Gasteiger partial charge in [0.15, 0.2) is 0 Å². The summed E-state index contributed by atoms with van der Waals surface area (Å²) in [5, 5.41) is 8.87. The third kappa shape index (κ3) is 4.31. The Hall–Kier alpha value is -2.36. The Bertz CT molecular complexity index is 610. The SMILES string of the molecule is Cc1ccc(N(CCC(=O)O)Cc2ccccc2F)cc1. The highest BCUT2D eigenvalue weighted by Crippen LogP contribution is 2.19. The Morgan fingerprint density at radius 1 is 1.14 bits per heavy atom. The lowest BCUT2D eigenvalue weighted by molar-refractivity contribution is -0.136. The second-order valence-electron chi connectivity index (χ2n) is 4.99. The van der Waals surface area contributed by atoms with Crippen molar-refractivity contribution in [3.05, 3.63) is 65.5 Å². The smallest absolute Gasteiger partial charge is 0.305 e. The molecule has 0 spiro atoms. The summed E-state index contributed by atoms with van der Waals surface area (Å²) >= 11 is 0. The van der Waals surface area contributed by atoms with Gasteiger partial charge in [-0.25, -0.2) is 4.39 Å². The minimum Gasteiger partial charge on any atom is -0.481 e. The molecule has 0 bridgehead atoms. The van der Waals surface area contributed by atoms with E-state index in [1.165, 1.54) is 6.07 Å². The standard InChI is InChI=1S/C17H18FNO2/c1-13-6-8-15(9-7-13)19(11-10-17(20)21)12-14-4-2-3-5-16(14)18/h2-9H,10-12H2,1H3,(H,20,21). The number of halogens is 1. The highest BCUT2D eigenvalue weighted by molar-refractivity contribution is 5.67. The second-order valence-corrected chi connectivity index (χ2v) is 4.99. The van der Waals surface area contributed by atoms with Gasteiger partial charge in [-0.05, 0) is 25.1 Å². The van der Waals surface area contributed by atoms with Crippen molar-refractivity contribution < 1.29 is 14.3 Å². The predicted octanol–water partition coefficient (Wildman–Crippen LogP) is 3.62. The van der Waals surface area contributed by atoms with Gasteiger partial charge in [-0.15, -0.1) is 0 Å². The number of benzene rings is 2. The molecule has 0 atom stereocenters. The van der Waals surface area contributed by atoms with Gasteiger partial charge in [-0.3, -0.25) is 4.79 Å². The van der Waals surface area contributed by atoms with E-state index in [9.17, 15) is 9.18 Å². The second kappa shape index (κ2) is 6.88. The van der Waals surface area contributed by atoms with Crippen LogP contribution in [0.25, 0.3) is 0 Å². The third-order valence-electron chi connectivity index (χ3n) is 3.31. The number of hydrogen-bond acceptors (Lipinski definition) is 2. The highest BCUT2D eigenvalue weighted by Gasteiger charge is 2.11. The fourth-order valence-electron chi connectivity index (χ4n) is 2.12. The van der Waals surface area contributed by atoms with Crippen LogP contribution < -0.4 is 4.90 Å². The topological polar surface area (TPSA) is 40.5 Å². The van der Waals surface area contributed by atoms with Crippen LogP contribution in [0.5, 0.6) is 0 Å². The van der Waals surface area contributed by atoms with Crippen LogP contribution in [0.15, 0.2) is 48.5 Å². The summed E-state index contributed by atoms with van der Waals surface area (Å²) < 4.78 is 13.8. The lowest BCUT2D eigenvalue weighted by Gasteiger charge is -2.24. The molecular weight excluding hydrogens is 269 g/mol. The first-order valence-electron chi connectivity index (χ1n) is 6.83. The minimum absolute atomic E-state index is 0.0162. The van der Waals surface area contributed by atoms with Crippen molar-refractivity contribution in [1.29, 1.82) is 0 Å². The van der Waals surface area contributed by atoms with Crippen LogP contribution in [0.4, 0.5) is 10.1 Å². The van der Waals surface area contributed by atoms with E-state index in [1.807, 2.05) is 36.1 Å². The molecule has 0 radical (unpaired) electrons. The summed E-state index contributed by atoms with van der Waals surface area (Å²) in [6.45, 7) is 2.68. The van der Waals surface area contributed by atoms with E-state index in [0.29, 0.717) is 18.7 Å². The average Bonchev–Trinajstić information content (AvgIpc) is 2.46. The zero-order valence-electron chi connectivity index (χ0n) is 11.9. The summed E-state index contributed by atoms with van der Waals surface area (Å²) in [5.41, 5.74) is 2.58. The first-order valence-corrected chi connectivity index (χ1v) is 6.83. The molecule has 110 valence electrons. The average molecular weight is 287 g/mol. The zero-order chi connectivity index (χ0) is 15.2. The number of carboxylic acid groups (broad SMARTS) is 1. The van der Waals surface area contributed by atoms with Crippen LogP contribution in [0.3, 0.4) is 0 Å². The number of anilines is 1. The van der Waals surface area contributed by atoms with Gasteiger partial charge in [0, 0.05) is 24.3 Å². The largest absolute Gasteiger partial charge is 0.481 e. The van der Waals surface area contributed by atoms with Gasteiger partial charge in [-0.1, -0.05) is 35.9 Å². The molecule has 0 aliphatic carbocycles. The zero-order valence-corrected chi connectivity index (χ0v) is 11.9. The molecule has 1 N–H and O–H groups in total. The number of aliphatic carboxylic acids is 1. The van der Waals surface area contributed by atoms with Crippen LogP contribution in [0.1, 0.15) is 17.5 Å². The lowest BCUT2D eigenvalue weighted by Crippen LogP contribution is -2.26. The molecule has 3 nitrogen and oxygen atoms in total. The maximum Gasteiger partial charge on any atom is 0.305 e. The van der Waals surface area contributed by atoms with Crippen LogP contribution in [0, 0.1) is 12.7 Å². The van der Waals surface area contributed by atoms with Gasteiger partial charge in [-0.2, -0.15) is 0 Å². The molecule has 0 saturated carbocycles. The molecule has 2 rings (SSSR count). The Balaban J connectivity index is 2.21. The molecule has 0 fully saturated rings.